The van der Waals surface area contributed by atoms with Gasteiger partial charge < -0.3 is 30.2 Å². The number of likely N-dealkylation sites (N-methyl/N-ethyl adjacent to an activating group) is 1. The molecular formula is C31H44N4O5S2. The van der Waals surface area contributed by atoms with Crippen LogP contribution in [-0.2, 0) is 32.2 Å². The number of pyridine rings is 1. The SMILES string of the molecule is COC(=O)[C@H](COCc1ccccc1)N(C)C(=O)CC[C@H](NCc1cc(Oc2ccccc2)ncc1N)C(C)C.S.S. The number of nitrogen functional groups attached to an aromatic ring is 1. The Morgan fingerprint density at radius 3 is 2.29 bits per heavy atom. The molecule has 11 heteroatoms. The summed E-state index contributed by atoms with van der Waals surface area (Å²) < 4.78 is 16.5. The van der Waals surface area contributed by atoms with Gasteiger partial charge in [-0.1, -0.05) is 62.4 Å². The largest absolute Gasteiger partial charge is 0.467 e. The zero-order chi connectivity index (χ0) is 28.9. The number of aromatic nitrogens is 1. The van der Waals surface area contributed by atoms with Crippen molar-refractivity contribution in [3.05, 3.63) is 84.1 Å². The summed E-state index contributed by atoms with van der Waals surface area (Å²) in [7, 11) is 2.92. The first kappa shape index (κ1) is 36.8. The van der Waals surface area contributed by atoms with Crippen LogP contribution in [0.2, 0.25) is 0 Å². The Morgan fingerprint density at radius 2 is 1.67 bits per heavy atom. The van der Waals surface area contributed by atoms with Crippen molar-refractivity contribution in [1.29, 1.82) is 0 Å². The van der Waals surface area contributed by atoms with Gasteiger partial charge in [-0.05, 0) is 35.6 Å². The zero-order valence-corrected chi connectivity index (χ0v) is 26.7. The quantitative estimate of drug-likeness (QED) is 0.234. The fourth-order valence-electron chi connectivity index (χ4n) is 4.18. The molecule has 9 nitrogen and oxygen atoms in total. The number of rotatable bonds is 15. The van der Waals surface area contributed by atoms with Gasteiger partial charge in [0.25, 0.3) is 0 Å². The first-order valence-electron chi connectivity index (χ1n) is 13.4. The predicted octanol–water partition coefficient (Wildman–Crippen LogP) is 4.79. The van der Waals surface area contributed by atoms with E-state index in [0.29, 0.717) is 36.9 Å². The Bertz CT molecular complexity index is 1220. The van der Waals surface area contributed by atoms with E-state index in [2.05, 4.69) is 24.1 Å². The summed E-state index contributed by atoms with van der Waals surface area (Å²) in [5, 5.41) is 3.53. The summed E-state index contributed by atoms with van der Waals surface area (Å²) in [5.41, 5.74) is 8.59. The number of esters is 1. The molecule has 3 aromatic rings. The molecule has 0 aliphatic rings. The molecule has 0 aliphatic heterocycles. The van der Waals surface area contributed by atoms with Crippen LogP contribution in [0.15, 0.2) is 72.9 Å². The Labute approximate surface area is 263 Å². The molecule has 230 valence electrons. The minimum atomic E-state index is -0.827. The van der Waals surface area contributed by atoms with E-state index in [-0.39, 0.29) is 57.9 Å². The van der Waals surface area contributed by atoms with Crippen molar-refractivity contribution < 1.29 is 23.8 Å². The second-order valence-electron chi connectivity index (χ2n) is 9.95. The summed E-state index contributed by atoms with van der Waals surface area (Å²) >= 11 is 0. The van der Waals surface area contributed by atoms with Gasteiger partial charge in [0.15, 0.2) is 6.04 Å². The van der Waals surface area contributed by atoms with Crippen LogP contribution in [0.25, 0.3) is 0 Å². The number of anilines is 1. The molecule has 0 fully saturated rings. The maximum absolute atomic E-state index is 13.1. The molecule has 42 heavy (non-hydrogen) atoms. The van der Waals surface area contributed by atoms with Crippen molar-refractivity contribution in [3.63, 3.8) is 0 Å². The topological polar surface area (TPSA) is 116 Å². The average molecular weight is 617 g/mol. The molecule has 0 saturated heterocycles. The highest BCUT2D eigenvalue weighted by molar-refractivity contribution is 7.59. The number of nitrogens with one attached hydrogen (secondary N) is 1. The predicted molar refractivity (Wildman–Crippen MR) is 175 cm³/mol. The van der Waals surface area contributed by atoms with Crippen LogP contribution in [0.4, 0.5) is 5.69 Å². The Morgan fingerprint density at radius 1 is 1.02 bits per heavy atom. The second kappa shape index (κ2) is 19.0. The fourth-order valence-corrected chi connectivity index (χ4v) is 4.18. The lowest BCUT2D eigenvalue weighted by molar-refractivity contribution is -0.154. The number of para-hydroxylation sites is 1. The van der Waals surface area contributed by atoms with Crippen LogP contribution in [-0.4, -0.2) is 54.6 Å². The normalized spacial score (nSPS) is 11.9. The molecule has 0 aliphatic carbocycles. The van der Waals surface area contributed by atoms with E-state index in [1.165, 1.54) is 12.0 Å². The molecule has 3 rings (SSSR count). The monoisotopic (exact) mass is 616 g/mol. The molecule has 2 aromatic carbocycles. The third kappa shape index (κ3) is 11.6. The summed E-state index contributed by atoms with van der Waals surface area (Å²) in [4.78, 5) is 31.2. The summed E-state index contributed by atoms with van der Waals surface area (Å²) in [6, 6.07) is 20.1. The van der Waals surface area contributed by atoms with Crippen molar-refractivity contribution in [2.24, 2.45) is 5.92 Å². The highest BCUT2D eigenvalue weighted by Gasteiger charge is 2.28. The number of methoxy groups -OCH3 is 1. The minimum absolute atomic E-state index is 0. The van der Waals surface area contributed by atoms with E-state index in [1.54, 1.807) is 13.2 Å². The van der Waals surface area contributed by atoms with Gasteiger partial charge in [0.2, 0.25) is 11.8 Å². The summed E-state index contributed by atoms with van der Waals surface area (Å²) in [5.74, 6) is 0.736. The van der Waals surface area contributed by atoms with E-state index >= 15 is 0 Å². The summed E-state index contributed by atoms with van der Waals surface area (Å²) in [6.45, 7) is 5.07. The number of carbonyl (C=O) groups is 2. The molecule has 0 saturated carbocycles. The Balaban J connectivity index is 0.00000441. The number of benzene rings is 2. The van der Waals surface area contributed by atoms with Gasteiger partial charge >= 0.3 is 5.97 Å². The third-order valence-corrected chi connectivity index (χ3v) is 6.72. The van der Waals surface area contributed by atoms with Crippen molar-refractivity contribution >= 4 is 44.6 Å². The van der Waals surface area contributed by atoms with Crippen LogP contribution in [0, 0.1) is 5.92 Å². The van der Waals surface area contributed by atoms with Crippen LogP contribution < -0.4 is 15.8 Å². The van der Waals surface area contributed by atoms with E-state index in [1.807, 2.05) is 66.7 Å². The summed E-state index contributed by atoms with van der Waals surface area (Å²) in [6.07, 6.45) is 2.43. The number of ether oxygens (including phenoxy) is 3. The molecule has 0 radical (unpaired) electrons. The van der Waals surface area contributed by atoms with Crippen molar-refractivity contribution in [2.75, 3.05) is 26.5 Å². The molecule has 0 bridgehead atoms. The molecule has 1 amide bonds. The van der Waals surface area contributed by atoms with E-state index in [0.717, 1.165) is 11.1 Å². The van der Waals surface area contributed by atoms with Crippen molar-refractivity contribution in [2.45, 2.75) is 51.9 Å². The first-order valence-corrected chi connectivity index (χ1v) is 13.4. The van der Waals surface area contributed by atoms with Gasteiger partial charge in [-0.2, -0.15) is 27.0 Å². The van der Waals surface area contributed by atoms with Crippen LogP contribution in [0.3, 0.4) is 0 Å². The Kier molecular flexibility index (Phi) is 16.7. The first-order chi connectivity index (χ1) is 19.3. The van der Waals surface area contributed by atoms with Gasteiger partial charge in [-0.15, -0.1) is 0 Å². The van der Waals surface area contributed by atoms with Crippen molar-refractivity contribution in [1.82, 2.24) is 15.2 Å². The number of nitrogens with two attached hydrogens (primary N) is 1. The molecule has 1 heterocycles. The number of nitrogens with zero attached hydrogens (tertiary/aromatic N) is 2. The molecule has 1 aromatic heterocycles. The van der Waals surface area contributed by atoms with Gasteiger partial charge in [-0.3, -0.25) is 4.79 Å². The number of hydrogen-bond donors (Lipinski definition) is 2. The van der Waals surface area contributed by atoms with Crippen LogP contribution in [0.5, 0.6) is 11.6 Å². The van der Waals surface area contributed by atoms with Gasteiger partial charge in [0.1, 0.15) is 5.75 Å². The Hall–Kier alpha value is -3.25. The van der Waals surface area contributed by atoms with Crippen LogP contribution in [0.1, 0.15) is 37.8 Å². The lowest BCUT2D eigenvalue weighted by Gasteiger charge is -2.28. The highest BCUT2D eigenvalue weighted by atomic mass is 32.1. The highest BCUT2D eigenvalue weighted by Crippen LogP contribution is 2.23. The lowest BCUT2D eigenvalue weighted by Crippen LogP contribution is -2.46. The van der Waals surface area contributed by atoms with Crippen molar-refractivity contribution in [3.8, 4) is 11.6 Å². The van der Waals surface area contributed by atoms with Gasteiger partial charge in [0.05, 0.1) is 32.2 Å². The van der Waals surface area contributed by atoms with Gasteiger partial charge in [0, 0.05) is 32.1 Å². The third-order valence-electron chi connectivity index (χ3n) is 6.72. The van der Waals surface area contributed by atoms with Gasteiger partial charge in [-0.25, -0.2) is 9.78 Å². The standard InChI is InChI=1S/C31H40N4O5.2H2S/c1-22(2)27(33-18-24-17-29(34-19-26(24)32)40-25-13-9-6-10-14-25)15-16-30(36)35(3)28(31(37)38-4)21-39-20-23-11-7-5-8-12-23;;/h5-14,17,19,22,27-28,33H,15-16,18,20-21,32H2,1-4H3;2*1H2/t27-,28-;;/m0../s1. The molecular weight excluding hydrogens is 572 g/mol. The molecule has 0 unspecified atom stereocenters. The number of amides is 1. The minimum Gasteiger partial charge on any atom is -0.467 e. The van der Waals surface area contributed by atoms with E-state index in [9.17, 15) is 9.59 Å². The lowest BCUT2D eigenvalue weighted by atomic mass is 9.98. The average Bonchev–Trinajstić information content (AvgIpc) is 2.96. The van der Waals surface area contributed by atoms with E-state index < -0.39 is 12.0 Å². The maximum atomic E-state index is 13.1. The molecule has 3 N–H and O–H groups in total. The zero-order valence-electron chi connectivity index (χ0n) is 24.7. The smallest absolute Gasteiger partial charge is 0.330 e. The van der Waals surface area contributed by atoms with Crippen LogP contribution >= 0.6 is 27.0 Å². The maximum Gasteiger partial charge on any atom is 0.330 e. The fraction of sp³-hybridized carbons (Fsp3) is 0.387. The number of hydrogen-bond acceptors (Lipinski definition) is 8. The number of carbonyl (C=O) groups excluding carboxylic acids is 2. The van der Waals surface area contributed by atoms with E-state index in [4.69, 9.17) is 19.9 Å². The second-order valence-corrected chi connectivity index (χ2v) is 9.95. The molecule has 2 atom stereocenters. The molecule has 0 spiro atoms.